The summed E-state index contributed by atoms with van der Waals surface area (Å²) in [4.78, 5) is 29.9. The lowest BCUT2D eigenvalue weighted by atomic mass is 9.83. The van der Waals surface area contributed by atoms with Crippen molar-refractivity contribution in [3.8, 4) is 0 Å². The highest BCUT2D eigenvalue weighted by Crippen LogP contribution is 2.36. The van der Waals surface area contributed by atoms with Gasteiger partial charge >= 0.3 is 0 Å². The lowest BCUT2D eigenvalue weighted by Crippen LogP contribution is -2.37. The molecule has 0 fully saturated rings. The highest BCUT2D eigenvalue weighted by atomic mass is 35.5. The number of aldehydes is 1. The van der Waals surface area contributed by atoms with Gasteiger partial charge in [-0.25, -0.2) is 9.59 Å². The van der Waals surface area contributed by atoms with Crippen molar-refractivity contribution in [2.75, 3.05) is 0 Å². The predicted octanol–water partition coefficient (Wildman–Crippen LogP) is 0.937. The molecule has 0 spiro atoms. The molecule has 0 aromatic heterocycles. The van der Waals surface area contributed by atoms with E-state index in [1.807, 2.05) is 0 Å². The number of carbonyl (C=O) groups is 1. The minimum Gasteiger partial charge on any atom is -0.500 e. The number of hydrogen-bond acceptors (Lipinski definition) is 4. The minimum atomic E-state index is -2.00. The van der Waals surface area contributed by atoms with Gasteiger partial charge in [0, 0.05) is 11.5 Å². The lowest BCUT2D eigenvalue weighted by molar-refractivity contribution is -0.110. The predicted molar refractivity (Wildman–Crippen MR) is 57.5 cm³/mol. The molecule has 16 heavy (non-hydrogen) atoms. The number of halogens is 1. The molecule has 0 bridgehead atoms. The molecule has 0 radical (unpaired) electrons. The third kappa shape index (κ3) is 1.90. The molecule has 82 valence electrons. The Labute approximate surface area is 96.2 Å². The van der Waals surface area contributed by atoms with Crippen molar-refractivity contribution >= 4 is 29.8 Å². The van der Waals surface area contributed by atoms with E-state index in [0.717, 1.165) is 5.94 Å². The number of aliphatic hydroxyl groups is 1. The van der Waals surface area contributed by atoms with Crippen LogP contribution in [0.1, 0.15) is 0 Å². The molecule has 1 N–H and O–H groups in total. The van der Waals surface area contributed by atoms with E-state index in [1.165, 1.54) is 12.2 Å². The van der Waals surface area contributed by atoms with Gasteiger partial charge in [-0.1, -0.05) is 18.2 Å². The molecule has 1 aliphatic rings. The standard InChI is InChI=1S/C11H7ClO4/c12-11(7-15,10(16)6-14)9-4-2-1-3-8(9)5-13/h1-4,7,9,16H. The fraction of sp³-hybridized carbons (Fsp3) is 0.182. The second-order valence-electron chi connectivity index (χ2n) is 3.12. The van der Waals surface area contributed by atoms with Crippen molar-refractivity contribution < 1.29 is 19.5 Å². The molecular formula is C11H7ClO4. The number of rotatable bonds is 3. The first-order valence-electron chi connectivity index (χ1n) is 4.29. The Morgan fingerprint density at radius 2 is 2.19 bits per heavy atom. The maximum Gasteiger partial charge on any atom is 0.206 e. The van der Waals surface area contributed by atoms with Crippen molar-refractivity contribution in [1.29, 1.82) is 0 Å². The molecule has 0 saturated heterocycles. The molecule has 0 aromatic rings. The van der Waals surface area contributed by atoms with Gasteiger partial charge in [0.2, 0.25) is 5.76 Å². The van der Waals surface area contributed by atoms with Crippen LogP contribution in [0.15, 0.2) is 35.6 Å². The Hall–Kier alpha value is -1.86. The largest absolute Gasteiger partial charge is 0.500 e. The van der Waals surface area contributed by atoms with Crippen LogP contribution < -0.4 is 0 Å². The second-order valence-corrected chi connectivity index (χ2v) is 3.74. The number of hydrogen-bond donors (Lipinski definition) is 1. The van der Waals surface area contributed by atoms with Gasteiger partial charge in [0.05, 0.1) is 0 Å². The maximum atomic E-state index is 10.9. The molecule has 0 saturated carbocycles. The molecule has 5 heteroatoms. The summed E-state index contributed by atoms with van der Waals surface area (Å²) in [6.45, 7) is 0. The van der Waals surface area contributed by atoms with E-state index < -0.39 is 16.6 Å². The van der Waals surface area contributed by atoms with Crippen molar-refractivity contribution in [2.45, 2.75) is 4.87 Å². The highest BCUT2D eigenvalue weighted by Gasteiger charge is 2.43. The van der Waals surface area contributed by atoms with Gasteiger partial charge in [-0.3, -0.25) is 0 Å². The van der Waals surface area contributed by atoms with Gasteiger partial charge in [-0.2, -0.15) is 0 Å². The second kappa shape index (κ2) is 4.77. The summed E-state index contributed by atoms with van der Waals surface area (Å²) in [6.07, 6.45) is 6.12. The molecule has 4 nitrogen and oxygen atoms in total. The van der Waals surface area contributed by atoms with Crippen LogP contribution in [0, 0.1) is 5.92 Å². The van der Waals surface area contributed by atoms with Crippen molar-refractivity contribution in [1.82, 2.24) is 0 Å². The minimum absolute atomic E-state index is 0.0754. The SMILES string of the molecule is O=C=C1C=CC=CC1C(Cl)(C=O)C(O)=C=O. The number of carbonyl (C=O) groups excluding carboxylic acids is 3. The Morgan fingerprint density at radius 1 is 1.50 bits per heavy atom. The number of aliphatic hydroxyl groups excluding tert-OH is 1. The van der Waals surface area contributed by atoms with Crippen LogP contribution in [0.2, 0.25) is 0 Å². The molecule has 1 rings (SSSR count). The molecule has 2 unspecified atom stereocenters. The van der Waals surface area contributed by atoms with Gasteiger partial charge in [0.25, 0.3) is 0 Å². The Kier molecular flexibility index (Phi) is 3.64. The molecule has 0 aromatic carbocycles. The van der Waals surface area contributed by atoms with Crippen LogP contribution in [0.4, 0.5) is 0 Å². The van der Waals surface area contributed by atoms with Gasteiger partial charge in [0.1, 0.15) is 12.2 Å². The molecule has 0 heterocycles. The van der Waals surface area contributed by atoms with E-state index in [0.29, 0.717) is 0 Å². The quantitative estimate of drug-likeness (QED) is 0.344. The highest BCUT2D eigenvalue weighted by molar-refractivity contribution is 6.35. The fourth-order valence-corrected chi connectivity index (χ4v) is 1.59. The van der Waals surface area contributed by atoms with Gasteiger partial charge in [-0.05, 0) is 6.08 Å². The Balaban J connectivity index is 3.30. The maximum absolute atomic E-state index is 10.9. The molecule has 1 aliphatic carbocycles. The first kappa shape index (κ1) is 12.2. The zero-order chi connectivity index (χ0) is 12.2. The number of alkyl halides is 1. The summed E-state index contributed by atoms with van der Waals surface area (Å²) in [5, 5.41) is 9.27. The van der Waals surface area contributed by atoms with Crippen LogP contribution in [0.3, 0.4) is 0 Å². The Morgan fingerprint density at radius 3 is 2.69 bits per heavy atom. The summed E-state index contributed by atoms with van der Waals surface area (Å²) < 4.78 is 0. The first-order valence-corrected chi connectivity index (χ1v) is 4.67. The van der Waals surface area contributed by atoms with Gasteiger partial charge in [-0.15, -0.1) is 11.6 Å². The summed E-state index contributed by atoms with van der Waals surface area (Å²) in [6, 6.07) is 0. The van der Waals surface area contributed by atoms with E-state index in [1.54, 1.807) is 18.1 Å². The van der Waals surface area contributed by atoms with Crippen LogP contribution in [0.5, 0.6) is 0 Å². The summed E-state index contributed by atoms with van der Waals surface area (Å²) in [7, 11) is 0. The van der Waals surface area contributed by atoms with Crippen molar-refractivity contribution in [3.63, 3.8) is 0 Å². The fourth-order valence-electron chi connectivity index (χ4n) is 1.36. The van der Waals surface area contributed by atoms with Crippen LogP contribution in [-0.2, 0) is 14.4 Å². The van der Waals surface area contributed by atoms with E-state index in [9.17, 15) is 19.5 Å². The summed E-state index contributed by atoms with van der Waals surface area (Å²) in [5.74, 6) is 0.869. The van der Waals surface area contributed by atoms with Crippen LogP contribution in [-0.4, -0.2) is 28.1 Å². The first-order chi connectivity index (χ1) is 7.60. The number of allylic oxidation sites excluding steroid dienone is 6. The van der Waals surface area contributed by atoms with Gasteiger partial charge < -0.3 is 9.90 Å². The molecule has 2 atom stereocenters. The van der Waals surface area contributed by atoms with E-state index in [-0.39, 0.29) is 11.9 Å². The third-order valence-corrected chi connectivity index (χ3v) is 2.73. The lowest BCUT2D eigenvalue weighted by Gasteiger charge is -2.26. The monoisotopic (exact) mass is 238 g/mol. The van der Waals surface area contributed by atoms with E-state index in [2.05, 4.69) is 0 Å². The van der Waals surface area contributed by atoms with E-state index >= 15 is 0 Å². The average Bonchev–Trinajstić information content (AvgIpc) is 2.36. The van der Waals surface area contributed by atoms with Crippen LogP contribution >= 0.6 is 11.6 Å². The topological polar surface area (TPSA) is 71.4 Å². The summed E-state index contributed by atoms with van der Waals surface area (Å²) in [5.41, 5.74) is 0.0754. The Bertz CT molecular complexity index is 464. The van der Waals surface area contributed by atoms with Crippen LogP contribution in [0.25, 0.3) is 0 Å². The summed E-state index contributed by atoms with van der Waals surface area (Å²) >= 11 is 5.82. The normalized spacial score (nSPS) is 21.8. The molecule has 0 aliphatic heterocycles. The zero-order valence-corrected chi connectivity index (χ0v) is 8.77. The third-order valence-electron chi connectivity index (χ3n) is 2.23. The van der Waals surface area contributed by atoms with Crippen molar-refractivity contribution in [2.24, 2.45) is 5.92 Å². The van der Waals surface area contributed by atoms with Crippen molar-refractivity contribution in [3.05, 3.63) is 35.6 Å². The molecular weight excluding hydrogens is 232 g/mol. The average molecular weight is 239 g/mol. The molecule has 0 amide bonds. The van der Waals surface area contributed by atoms with E-state index in [4.69, 9.17) is 11.6 Å². The smallest absolute Gasteiger partial charge is 0.206 e. The zero-order valence-electron chi connectivity index (χ0n) is 8.01. The van der Waals surface area contributed by atoms with Gasteiger partial charge in [0.15, 0.2) is 10.8 Å².